The summed E-state index contributed by atoms with van der Waals surface area (Å²) in [6.45, 7) is 9.07. The molecule has 2 aromatic carbocycles. The van der Waals surface area contributed by atoms with Crippen LogP contribution in [0.25, 0.3) is 0 Å². The summed E-state index contributed by atoms with van der Waals surface area (Å²) >= 11 is 0. The Bertz CT molecular complexity index is 616. The second-order valence-electron chi connectivity index (χ2n) is 7.29. The first-order valence-corrected chi connectivity index (χ1v) is 9.37. The molecule has 0 bridgehead atoms. The van der Waals surface area contributed by atoms with E-state index in [1.165, 1.54) is 19.5 Å². The highest BCUT2D eigenvalue weighted by Gasteiger charge is 2.20. The van der Waals surface area contributed by atoms with Crippen LogP contribution in [-0.2, 0) is 0 Å². The summed E-state index contributed by atoms with van der Waals surface area (Å²) in [4.78, 5) is 2.58. The maximum absolute atomic E-state index is 5.87. The van der Waals surface area contributed by atoms with Crippen molar-refractivity contribution in [1.29, 1.82) is 0 Å². The number of para-hydroxylation sites is 1. The van der Waals surface area contributed by atoms with E-state index in [1.807, 2.05) is 54.6 Å². The molecule has 0 N–H and O–H groups in total. The lowest BCUT2D eigenvalue weighted by Crippen LogP contribution is -2.39. The van der Waals surface area contributed by atoms with Gasteiger partial charge in [-0.15, -0.1) is 0 Å². The number of hydrogen-bond donors (Lipinski definition) is 0. The van der Waals surface area contributed by atoms with Crippen LogP contribution in [0, 0.1) is 11.8 Å². The van der Waals surface area contributed by atoms with Crippen molar-refractivity contribution in [3.8, 4) is 17.2 Å². The van der Waals surface area contributed by atoms with E-state index < -0.39 is 0 Å². The second-order valence-corrected chi connectivity index (χ2v) is 7.29. The third-order valence-electron chi connectivity index (χ3n) is 4.63. The summed E-state index contributed by atoms with van der Waals surface area (Å²) in [6, 6.07) is 17.7. The van der Waals surface area contributed by atoms with Crippen LogP contribution in [0.3, 0.4) is 0 Å². The van der Waals surface area contributed by atoms with Crippen LogP contribution in [0.15, 0.2) is 54.6 Å². The lowest BCUT2D eigenvalue weighted by atomic mass is 9.92. The lowest BCUT2D eigenvalue weighted by molar-refractivity contribution is 0.132. The van der Waals surface area contributed by atoms with Gasteiger partial charge < -0.3 is 14.4 Å². The van der Waals surface area contributed by atoms with Crippen LogP contribution in [0.1, 0.15) is 26.7 Å². The zero-order valence-electron chi connectivity index (χ0n) is 15.4. The van der Waals surface area contributed by atoms with Gasteiger partial charge in [0.1, 0.15) is 17.2 Å². The third kappa shape index (κ3) is 5.79. The quantitative estimate of drug-likeness (QED) is 0.645. The molecule has 1 aliphatic rings. The highest BCUT2D eigenvalue weighted by molar-refractivity contribution is 5.35. The molecular weight excluding hydrogens is 310 g/mol. The Kier molecular flexibility index (Phi) is 6.35. The van der Waals surface area contributed by atoms with Gasteiger partial charge >= 0.3 is 0 Å². The summed E-state index contributed by atoms with van der Waals surface area (Å²) in [7, 11) is 0. The fourth-order valence-corrected chi connectivity index (χ4v) is 3.68. The summed E-state index contributed by atoms with van der Waals surface area (Å²) in [5, 5.41) is 0. The standard InChI is InChI=1S/C22H29NO2/c1-18-15-19(2)17-23(16-18)13-6-14-24-20-9-11-22(12-10-20)25-21-7-4-3-5-8-21/h3-5,7-12,18-19H,6,13-17H2,1-2H3. The van der Waals surface area contributed by atoms with Crippen molar-refractivity contribution < 1.29 is 9.47 Å². The minimum absolute atomic E-state index is 0.762. The number of rotatable bonds is 7. The van der Waals surface area contributed by atoms with Gasteiger partial charge in [0.15, 0.2) is 0 Å². The van der Waals surface area contributed by atoms with E-state index in [1.54, 1.807) is 0 Å². The first-order chi connectivity index (χ1) is 12.2. The van der Waals surface area contributed by atoms with Gasteiger partial charge in [-0.25, -0.2) is 0 Å². The van der Waals surface area contributed by atoms with Gasteiger partial charge in [0.25, 0.3) is 0 Å². The smallest absolute Gasteiger partial charge is 0.127 e. The van der Waals surface area contributed by atoms with E-state index in [9.17, 15) is 0 Å². The molecule has 1 fully saturated rings. The average Bonchev–Trinajstić information content (AvgIpc) is 2.60. The Morgan fingerprint density at radius 1 is 0.840 bits per heavy atom. The van der Waals surface area contributed by atoms with Crippen molar-refractivity contribution in [2.75, 3.05) is 26.2 Å². The molecule has 2 aromatic rings. The van der Waals surface area contributed by atoms with Gasteiger partial charge in [-0.1, -0.05) is 32.0 Å². The maximum atomic E-state index is 5.87. The maximum Gasteiger partial charge on any atom is 0.127 e. The number of hydrogen-bond acceptors (Lipinski definition) is 3. The van der Waals surface area contributed by atoms with Crippen LogP contribution >= 0.6 is 0 Å². The van der Waals surface area contributed by atoms with Crippen molar-refractivity contribution in [3.63, 3.8) is 0 Å². The first-order valence-electron chi connectivity index (χ1n) is 9.37. The highest BCUT2D eigenvalue weighted by Crippen LogP contribution is 2.24. The van der Waals surface area contributed by atoms with Crippen molar-refractivity contribution in [1.82, 2.24) is 4.90 Å². The van der Waals surface area contributed by atoms with Crippen molar-refractivity contribution in [2.45, 2.75) is 26.7 Å². The van der Waals surface area contributed by atoms with Crippen LogP contribution in [0.5, 0.6) is 17.2 Å². The molecular formula is C22H29NO2. The largest absolute Gasteiger partial charge is 0.494 e. The fraction of sp³-hybridized carbons (Fsp3) is 0.455. The predicted molar refractivity (Wildman–Crippen MR) is 102 cm³/mol. The van der Waals surface area contributed by atoms with E-state index in [0.717, 1.165) is 48.7 Å². The molecule has 1 heterocycles. The number of benzene rings is 2. The van der Waals surface area contributed by atoms with Gasteiger partial charge in [0.05, 0.1) is 6.61 Å². The average molecular weight is 339 g/mol. The molecule has 1 aliphatic heterocycles. The molecule has 1 saturated heterocycles. The monoisotopic (exact) mass is 339 g/mol. The summed E-state index contributed by atoms with van der Waals surface area (Å²) in [5.74, 6) is 4.22. The molecule has 3 rings (SSSR count). The Morgan fingerprint density at radius 2 is 1.44 bits per heavy atom. The minimum Gasteiger partial charge on any atom is -0.494 e. The Morgan fingerprint density at radius 3 is 2.12 bits per heavy atom. The number of nitrogens with zero attached hydrogens (tertiary/aromatic N) is 1. The zero-order valence-corrected chi connectivity index (χ0v) is 15.4. The van der Waals surface area contributed by atoms with Gasteiger partial charge in [-0.05, 0) is 61.1 Å². The molecule has 3 heteroatoms. The van der Waals surface area contributed by atoms with E-state index in [0.29, 0.717) is 0 Å². The molecule has 0 aromatic heterocycles. The van der Waals surface area contributed by atoms with Gasteiger partial charge in [-0.2, -0.15) is 0 Å². The van der Waals surface area contributed by atoms with Crippen molar-refractivity contribution in [3.05, 3.63) is 54.6 Å². The topological polar surface area (TPSA) is 21.7 Å². The molecule has 0 amide bonds. The Balaban J connectivity index is 1.38. The van der Waals surface area contributed by atoms with E-state index >= 15 is 0 Å². The zero-order chi connectivity index (χ0) is 17.5. The van der Waals surface area contributed by atoms with Gasteiger partial charge in [0, 0.05) is 19.6 Å². The van der Waals surface area contributed by atoms with E-state index in [2.05, 4.69) is 18.7 Å². The van der Waals surface area contributed by atoms with Crippen LogP contribution in [0.2, 0.25) is 0 Å². The molecule has 25 heavy (non-hydrogen) atoms. The SMILES string of the molecule is CC1CC(C)CN(CCCOc2ccc(Oc3ccccc3)cc2)C1. The number of ether oxygens (including phenoxy) is 2. The van der Waals surface area contributed by atoms with E-state index in [4.69, 9.17) is 9.47 Å². The van der Waals surface area contributed by atoms with Gasteiger partial charge in [0.2, 0.25) is 0 Å². The van der Waals surface area contributed by atoms with Crippen LogP contribution in [-0.4, -0.2) is 31.1 Å². The fourth-order valence-electron chi connectivity index (χ4n) is 3.68. The highest BCUT2D eigenvalue weighted by atomic mass is 16.5. The van der Waals surface area contributed by atoms with Crippen LogP contribution in [0.4, 0.5) is 0 Å². The van der Waals surface area contributed by atoms with Crippen LogP contribution < -0.4 is 9.47 Å². The Labute approximate surface area is 151 Å². The minimum atomic E-state index is 0.762. The van der Waals surface area contributed by atoms with Crippen molar-refractivity contribution >= 4 is 0 Å². The molecule has 0 aliphatic carbocycles. The van der Waals surface area contributed by atoms with Crippen molar-refractivity contribution in [2.24, 2.45) is 11.8 Å². The van der Waals surface area contributed by atoms with Gasteiger partial charge in [-0.3, -0.25) is 0 Å². The summed E-state index contributed by atoms with van der Waals surface area (Å²) in [6.07, 6.45) is 2.44. The third-order valence-corrected chi connectivity index (χ3v) is 4.63. The Hall–Kier alpha value is -2.00. The molecule has 0 spiro atoms. The number of piperidine rings is 1. The molecule has 0 saturated carbocycles. The second kappa shape index (κ2) is 8.91. The van der Waals surface area contributed by atoms with E-state index in [-0.39, 0.29) is 0 Å². The summed E-state index contributed by atoms with van der Waals surface area (Å²) < 4.78 is 11.7. The molecule has 3 nitrogen and oxygen atoms in total. The predicted octanol–water partition coefficient (Wildman–Crippen LogP) is 5.23. The number of likely N-dealkylation sites (tertiary alicyclic amines) is 1. The molecule has 2 unspecified atom stereocenters. The normalized spacial score (nSPS) is 21.0. The molecule has 2 atom stereocenters. The lowest BCUT2D eigenvalue weighted by Gasteiger charge is -2.34. The summed E-state index contributed by atoms with van der Waals surface area (Å²) in [5.41, 5.74) is 0. The first kappa shape index (κ1) is 17.8. The molecule has 134 valence electrons. The molecule has 0 radical (unpaired) electrons.